The van der Waals surface area contributed by atoms with Gasteiger partial charge in [0.25, 0.3) is 0 Å². The van der Waals surface area contributed by atoms with E-state index >= 15 is 0 Å². The molecule has 0 aromatic carbocycles. The second-order valence-corrected chi connectivity index (χ2v) is 9.06. The largest absolute Gasteiger partial charge is 0.433 e. The number of sulfonamides is 1. The molecular formula is C16H21F3N4O2S. The maximum atomic E-state index is 13.4. The molecule has 144 valence electrons. The van der Waals surface area contributed by atoms with Crippen LogP contribution in [0.1, 0.15) is 56.1 Å². The Labute approximate surface area is 150 Å². The van der Waals surface area contributed by atoms with E-state index in [9.17, 15) is 21.6 Å². The third kappa shape index (κ3) is 3.44. The summed E-state index contributed by atoms with van der Waals surface area (Å²) in [5.74, 6) is -0.389. The van der Waals surface area contributed by atoms with Crippen molar-refractivity contribution in [3.05, 3.63) is 29.2 Å². The fraction of sp³-hybridized carbons (Fsp3) is 0.625. The van der Waals surface area contributed by atoms with Gasteiger partial charge in [-0.25, -0.2) is 22.2 Å². The van der Waals surface area contributed by atoms with Gasteiger partial charge in [0.15, 0.2) is 5.65 Å². The van der Waals surface area contributed by atoms with Crippen LogP contribution in [0.4, 0.5) is 13.2 Å². The van der Waals surface area contributed by atoms with E-state index in [2.05, 4.69) is 10.1 Å². The minimum absolute atomic E-state index is 0.00239. The fourth-order valence-electron chi connectivity index (χ4n) is 3.11. The lowest BCUT2D eigenvalue weighted by molar-refractivity contribution is -0.142. The van der Waals surface area contributed by atoms with Crippen molar-refractivity contribution in [3.8, 4) is 0 Å². The van der Waals surface area contributed by atoms with Gasteiger partial charge in [0.2, 0.25) is 10.0 Å². The lowest BCUT2D eigenvalue weighted by atomic mass is 10.1. The lowest BCUT2D eigenvalue weighted by Gasteiger charge is -2.14. The first-order valence-electron chi connectivity index (χ1n) is 8.48. The molecule has 1 aliphatic heterocycles. The van der Waals surface area contributed by atoms with Crippen molar-refractivity contribution in [3.63, 3.8) is 0 Å². The van der Waals surface area contributed by atoms with E-state index in [0.717, 1.165) is 10.6 Å². The molecule has 0 saturated carbocycles. The van der Waals surface area contributed by atoms with E-state index in [0.29, 0.717) is 24.4 Å². The first-order valence-corrected chi connectivity index (χ1v) is 10.1. The smallest absolute Gasteiger partial charge is 0.233 e. The van der Waals surface area contributed by atoms with E-state index < -0.39 is 21.9 Å². The topological polar surface area (TPSA) is 67.6 Å². The Hall–Kier alpha value is -1.68. The van der Waals surface area contributed by atoms with Crippen molar-refractivity contribution in [2.75, 3.05) is 18.8 Å². The summed E-state index contributed by atoms with van der Waals surface area (Å²) in [6.45, 7) is 5.71. The average molecular weight is 390 g/mol. The van der Waals surface area contributed by atoms with Crippen molar-refractivity contribution in [1.82, 2.24) is 18.9 Å². The Balaban J connectivity index is 2.02. The van der Waals surface area contributed by atoms with Crippen molar-refractivity contribution in [1.29, 1.82) is 0 Å². The summed E-state index contributed by atoms with van der Waals surface area (Å²) in [6.07, 6.45) is -4.02. The molecule has 0 radical (unpaired) electrons. The van der Waals surface area contributed by atoms with Crippen LogP contribution in [0, 0.1) is 0 Å². The molecule has 0 bridgehead atoms. The summed E-state index contributed by atoms with van der Waals surface area (Å²) in [5.41, 5.74) is 0.0550. The molecule has 2 aromatic heterocycles. The van der Waals surface area contributed by atoms with Crippen molar-refractivity contribution >= 4 is 15.7 Å². The van der Waals surface area contributed by atoms with E-state index in [1.165, 1.54) is 10.4 Å². The quantitative estimate of drug-likeness (QED) is 0.805. The molecule has 0 unspecified atom stereocenters. The summed E-state index contributed by atoms with van der Waals surface area (Å²) < 4.78 is 66.5. The lowest BCUT2D eigenvalue weighted by Crippen LogP contribution is -2.29. The number of hydrogen-bond acceptors (Lipinski definition) is 4. The molecule has 3 rings (SSSR count). The zero-order chi connectivity index (χ0) is 19.3. The van der Waals surface area contributed by atoms with Gasteiger partial charge in [-0.15, -0.1) is 0 Å². The van der Waals surface area contributed by atoms with Crippen LogP contribution in [0.15, 0.2) is 12.1 Å². The van der Waals surface area contributed by atoms with Crippen molar-refractivity contribution in [2.45, 2.75) is 45.2 Å². The van der Waals surface area contributed by atoms with E-state index in [4.69, 9.17) is 0 Å². The van der Waals surface area contributed by atoms with Gasteiger partial charge in [-0.2, -0.15) is 18.3 Å². The minimum atomic E-state index is -4.55. The van der Waals surface area contributed by atoms with Crippen LogP contribution in [0.2, 0.25) is 0 Å². The Kier molecular flexibility index (Phi) is 4.76. The highest BCUT2D eigenvalue weighted by molar-refractivity contribution is 7.89. The van der Waals surface area contributed by atoms with Crippen LogP contribution in [-0.4, -0.2) is 46.2 Å². The molecule has 6 nitrogen and oxygen atoms in total. The highest BCUT2D eigenvalue weighted by atomic mass is 32.2. The number of fused-ring (bicyclic) bond motifs is 1. The number of aromatic nitrogens is 3. The zero-order valence-electron chi connectivity index (χ0n) is 14.8. The number of rotatable bonds is 4. The predicted molar refractivity (Wildman–Crippen MR) is 90.5 cm³/mol. The molecule has 2 aromatic rings. The third-order valence-corrected chi connectivity index (χ3v) is 6.52. The molecule has 26 heavy (non-hydrogen) atoms. The molecule has 0 spiro atoms. The standard InChI is InChI=1S/C16H21F3N4O2S/c1-4-26(24,25)22-6-5-11(9-22)13-8-15-20-12(10(2)3)7-14(16(17,18)19)23(15)21-13/h7-8,10-11H,4-6,9H2,1-3H3/t11-/m1/s1. The molecule has 1 aliphatic rings. The second kappa shape index (κ2) is 6.49. The molecule has 1 atom stereocenters. The van der Waals surface area contributed by atoms with Gasteiger partial charge >= 0.3 is 6.18 Å². The predicted octanol–water partition coefficient (Wildman–Crippen LogP) is 3.01. The molecule has 3 heterocycles. The van der Waals surface area contributed by atoms with Gasteiger partial charge < -0.3 is 0 Å². The second-order valence-electron chi connectivity index (χ2n) is 6.80. The Morgan fingerprint density at radius 1 is 1.31 bits per heavy atom. The molecule has 1 saturated heterocycles. The SMILES string of the molecule is CCS(=O)(=O)N1CC[C@@H](c2cc3nc(C(C)C)cc(C(F)(F)F)n3n2)C1. The van der Waals surface area contributed by atoms with E-state index in [1.54, 1.807) is 20.8 Å². The Bertz CT molecular complexity index is 921. The first kappa shape index (κ1) is 19.1. The monoisotopic (exact) mass is 390 g/mol. The van der Waals surface area contributed by atoms with Gasteiger partial charge in [0, 0.05) is 30.8 Å². The minimum Gasteiger partial charge on any atom is -0.233 e. The number of alkyl halides is 3. The maximum Gasteiger partial charge on any atom is 0.433 e. The zero-order valence-corrected chi connectivity index (χ0v) is 15.6. The van der Waals surface area contributed by atoms with Crippen LogP contribution in [-0.2, 0) is 16.2 Å². The summed E-state index contributed by atoms with van der Waals surface area (Å²) in [4.78, 5) is 4.29. The molecular weight excluding hydrogens is 369 g/mol. The third-order valence-electron chi connectivity index (χ3n) is 4.68. The van der Waals surface area contributed by atoms with Gasteiger partial charge in [-0.05, 0) is 25.3 Å². The summed E-state index contributed by atoms with van der Waals surface area (Å²) in [6, 6.07) is 2.56. The maximum absolute atomic E-state index is 13.4. The Morgan fingerprint density at radius 3 is 2.58 bits per heavy atom. The van der Waals surface area contributed by atoms with Gasteiger partial charge in [0.05, 0.1) is 11.4 Å². The molecule has 1 fully saturated rings. The summed E-state index contributed by atoms with van der Waals surface area (Å²) >= 11 is 0. The highest BCUT2D eigenvalue weighted by Gasteiger charge is 2.37. The fourth-order valence-corrected chi connectivity index (χ4v) is 4.27. The van der Waals surface area contributed by atoms with Crippen LogP contribution in [0.5, 0.6) is 0 Å². The van der Waals surface area contributed by atoms with Gasteiger partial charge in [-0.1, -0.05) is 13.8 Å². The summed E-state index contributed by atoms with van der Waals surface area (Å²) in [7, 11) is -3.32. The number of halogens is 3. The van der Waals surface area contributed by atoms with Crippen LogP contribution in [0.3, 0.4) is 0 Å². The van der Waals surface area contributed by atoms with Crippen LogP contribution in [0.25, 0.3) is 5.65 Å². The molecule has 0 N–H and O–H groups in total. The van der Waals surface area contributed by atoms with Crippen molar-refractivity contribution in [2.24, 2.45) is 0 Å². The van der Waals surface area contributed by atoms with Crippen LogP contribution < -0.4 is 0 Å². The van der Waals surface area contributed by atoms with E-state index in [-0.39, 0.29) is 29.8 Å². The van der Waals surface area contributed by atoms with Gasteiger partial charge in [-0.3, -0.25) is 0 Å². The first-order chi connectivity index (χ1) is 12.0. The van der Waals surface area contributed by atoms with Crippen molar-refractivity contribution < 1.29 is 21.6 Å². The van der Waals surface area contributed by atoms with Gasteiger partial charge in [0.1, 0.15) is 5.69 Å². The number of nitrogens with zero attached hydrogens (tertiary/aromatic N) is 4. The summed E-state index contributed by atoms with van der Waals surface area (Å²) in [5, 5.41) is 4.12. The molecule has 10 heteroatoms. The van der Waals surface area contributed by atoms with E-state index in [1.807, 2.05) is 0 Å². The normalized spacial score (nSPS) is 19.7. The molecule has 0 amide bonds. The number of hydrogen-bond donors (Lipinski definition) is 0. The highest BCUT2D eigenvalue weighted by Crippen LogP contribution is 2.33. The Morgan fingerprint density at radius 2 is 2.00 bits per heavy atom. The van der Waals surface area contributed by atoms with Crippen LogP contribution >= 0.6 is 0 Å². The molecule has 0 aliphatic carbocycles. The average Bonchev–Trinajstić information content (AvgIpc) is 3.19.